The number of likely N-dealkylation sites (N-methyl/N-ethyl adjacent to an activating group) is 1. The van der Waals surface area contributed by atoms with Crippen LogP contribution in [0.4, 0.5) is 18.0 Å². The summed E-state index contributed by atoms with van der Waals surface area (Å²) in [6.45, 7) is 5.82. The fourth-order valence-corrected chi connectivity index (χ4v) is 4.87. The number of hydrogen-bond acceptors (Lipinski definition) is 5. The Balaban J connectivity index is 1.70. The van der Waals surface area contributed by atoms with Crippen molar-refractivity contribution in [3.8, 4) is 16.9 Å². The molecule has 2 aliphatic heterocycles. The van der Waals surface area contributed by atoms with Crippen LogP contribution >= 0.6 is 0 Å². The lowest BCUT2D eigenvalue weighted by Gasteiger charge is -2.37. The summed E-state index contributed by atoms with van der Waals surface area (Å²) in [5, 5.41) is 0. The van der Waals surface area contributed by atoms with Crippen LogP contribution in [-0.2, 0) is 9.53 Å². The molecule has 188 valence electrons. The summed E-state index contributed by atoms with van der Waals surface area (Å²) in [5.41, 5.74) is -0.103. The smallest absolute Gasteiger partial charge is 0.444 e. The number of nitrogens with zero attached hydrogens (tertiary/aromatic N) is 3. The molecule has 2 aliphatic rings. The Bertz CT molecular complexity index is 1130. The van der Waals surface area contributed by atoms with Crippen molar-refractivity contribution in [1.29, 1.82) is 0 Å². The van der Waals surface area contributed by atoms with E-state index in [4.69, 9.17) is 4.74 Å². The summed E-state index contributed by atoms with van der Waals surface area (Å²) < 4.78 is 47.7. The van der Waals surface area contributed by atoms with Gasteiger partial charge in [-0.3, -0.25) is 14.7 Å². The maximum atomic E-state index is 13.4. The molecule has 2 aromatic rings. The maximum absolute atomic E-state index is 13.4. The molecule has 1 aromatic heterocycles. The lowest BCUT2D eigenvalue weighted by atomic mass is 9.94. The van der Waals surface area contributed by atoms with Crippen LogP contribution in [-0.4, -0.2) is 57.9 Å². The van der Waals surface area contributed by atoms with Gasteiger partial charge in [0.2, 0.25) is 5.91 Å². The Hall–Kier alpha value is -3.30. The molecule has 2 fully saturated rings. The van der Waals surface area contributed by atoms with Crippen molar-refractivity contribution in [2.75, 3.05) is 13.6 Å². The molecule has 1 spiro atoms. The number of amides is 2. The van der Waals surface area contributed by atoms with Crippen LogP contribution in [0, 0.1) is 0 Å². The van der Waals surface area contributed by atoms with Crippen molar-refractivity contribution in [2.24, 2.45) is 0 Å². The van der Waals surface area contributed by atoms with Crippen molar-refractivity contribution in [1.82, 2.24) is 14.8 Å². The first-order valence-corrected chi connectivity index (χ1v) is 11.4. The predicted molar refractivity (Wildman–Crippen MR) is 121 cm³/mol. The highest BCUT2D eigenvalue weighted by atomic mass is 19.4. The zero-order valence-electron chi connectivity index (χ0n) is 20.1. The van der Waals surface area contributed by atoms with E-state index in [1.54, 1.807) is 57.1 Å². The average Bonchev–Trinajstić information content (AvgIpc) is 3.28. The Morgan fingerprint density at radius 1 is 1.11 bits per heavy atom. The second kappa shape index (κ2) is 8.73. The number of likely N-dealkylation sites (tertiary alicyclic amines) is 2. The van der Waals surface area contributed by atoms with Crippen LogP contribution in [0.15, 0.2) is 42.6 Å². The molecular formula is C25H28F3N3O4. The van der Waals surface area contributed by atoms with Gasteiger partial charge in [0, 0.05) is 19.8 Å². The molecule has 3 heterocycles. The van der Waals surface area contributed by atoms with E-state index >= 15 is 0 Å². The molecule has 0 saturated carbocycles. The first-order valence-electron chi connectivity index (χ1n) is 11.4. The third-order valence-corrected chi connectivity index (χ3v) is 6.32. The third kappa shape index (κ3) is 5.06. The highest BCUT2D eigenvalue weighted by Crippen LogP contribution is 2.48. The van der Waals surface area contributed by atoms with E-state index in [1.165, 1.54) is 23.1 Å². The highest BCUT2D eigenvalue weighted by Gasteiger charge is 2.59. The van der Waals surface area contributed by atoms with Gasteiger partial charge in [0.25, 0.3) is 0 Å². The van der Waals surface area contributed by atoms with E-state index in [2.05, 4.69) is 9.72 Å². The summed E-state index contributed by atoms with van der Waals surface area (Å²) in [6.07, 6.45) is -2.36. The Morgan fingerprint density at radius 2 is 1.83 bits per heavy atom. The van der Waals surface area contributed by atoms with Gasteiger partial charge in [0.15, 0.2) is 0 Å². The van der Waals surface area contributed by atoms with E-state index in [0.29, 0.717) is 42.6 Å². The minimum atomic E-state index is -4.80. The topological polar surface area (TPSA) is 72.0 Å². The minimum absolute atomic E-state index is 0.126. The van der Waals surface area contributed by atoms with Gasteiger partial charge in [-0.2, -0.15) is 0 Å². The largest absolute Gasteiger partial charge is 0.573 e. The SMILES string of the molecule is CN1CC[C@@]2(CC[C@H](c3cc(-c4cccc(OC(F)(F)F)c4)ccn3)N2C(=O)OC(C)(C)C)C1=O. The van der Waals surface area contributed by atoms with Gasteiger partial charge < -0.3 is 14.4 Å². The molecule has 0 unspecified atom stereocenters. The lowest BCUT2D eigenvalue weighted by molar-refractivity contribution is -0.274. The predicted octanol–water partition coefficient (Wildman–Crippen LogP) is 5.32. The van der Waals surface area contributed by atoms with Crippen LogP contribution < -0.4 is 4.74 Å². The zero-order chi connectivity index (χ0) is 25.6. The van der Waals surface area contributed by atoms with Crippen molar-refractivity contribution in [3.63, 3.8) is 0 Å². The van der Waals surface area contributed by atoms with Gasteiger partial charge in [0.05, 0.1) is 11.7 Å². The van der Waals surface area contributed by atoms with Crippen molar-refractivity contribution in [2.45, 2.75) is 63.6 Å². The van der Waals surface area contributed by atoms with Crippen LogP contribution in [0.1, 0.15) is 51.8 Å². The molecule has 35 heavy (non-hydrogen) atoms. The van der Waals surface area contributed by atoms with Crippen LogP contribution in [0.3, 0.4) is 0 Å². The molecule has 10 heteroatoms. The summed E-state index contributed by atoms with van der Waals surface area (Å²) >= 11 is 0. The van der Waals surface area contributed by atoms with E-state index in [-0.39, 0.29) is 11.7 Å². The van der Waals surface area contributed by atoms with Crippen LogP contribution in [0.2, 0.25) is 0 Å². The first-order chi connectivity index (χ1) is 16.3. The van der Waals surface area contributed by atoms with E-state index < -0.39 is 29.6 Å². The Morgan fingerprint density at radius 3 is 2.46 bits per heavy atom. The summed E-state index contributed by atoms with van der Waals surface area (Å²) in [4.78, 5) is 34.2. The monoisotopic (exact) mass is 491 g/mol. The highest BCUT2D eigenvalue weighted by molar-refractivity contribution is 5.92. The third-order valence-electron chi connectivity index (χ3n) is 6.32. The number of halogens is 3. The number of aromatic nitrogens is 1. The average molecular weight is 492 g/mol. The Kier molecular flexibility index (Phi) is 6.19. The zero-order valence-corrected chi connectivity index (χ0v) is 20.1. The molecule has 0 aliphatic carbocycles. The van der Waals surface area contributed by atoms with Crippen LogP contribution in [0.5, 0.6) is 5.75 Å². The van der Waals surface area contributed by atoms with Gasteiger partial charge in [-0.25, -0.2) is 4.79 Å². The molecule has 1 aromatic carbocycles. The molecule has 0 N–H and O–H groups in total. The fourth-order valence-electron chi connectivity index (χ4n) is 4.87. The quantitative estimate of drug-likeness (QED) is 0.581. The summed E-state index contributed by atoms with van der Waals surface area (Å²) in [5.74, 6) is -0.456. The number of pyridine rings is 1. The second-order valence-corrected chi connectivity index (χ2v) is 9.96. The maximum Gasteiger partial charge on any atom is 0.573 e. The molecule has 7 nitrogen and oxygen atoms in total. The van der Waals surface area contributed by atoms with Crippen molar-refractivity contribution < 1.29 is 32.2 Å². The van der Waals surface area contributed by atoms with Gasteiger partial charge in [0.1, 0.15) is 16.9 Å². The number of benzene rings is 1. The number of carbonyl (C=O) groups is 2. The van der Waals surface area contributed by atoms with Gasteiger partial charge in [-0.15, -0.1) is 13.2 Å². The number of ether oxygens (including phenoxy) is 2. The number of hydrogen-bond donors (Lipinski definition) is 0. The molecular weight excluding hydrogens is 463 g/mol. The molecule has 4 rings (SSSR count). The van der Waals surface area contributed by atoms with Gasteiger partial charge >= 0.3 is 12.5 Å². The molecule has 0 radical (unpaired) electrons. The fraction of sp³-hybridized carbons (Fsp3) is 0.480. The number of alkyl halides is 3. The lowest BCUT2D eigenvalue weighted by Crippen LogP contribution is -2.54. The summed E-state index contributed by atoms with van der Waals surface area (Å²) in [6, 6.07) is 8.55. The first kappa shape index (κ1) is 24.8. The van der Waals surface area contributed by atoms with Crippen molar-refractivity contribution >= 4 is 12.0 Å². The van der Waals surface area contributed by atoms with Crippen molar-refractivity contribution in [3.05, 3.63) is 48.3 Å². The van der Waals surface area contributed by atoms with Gasteiger partial charge in [-0.1, -0.05) is 12.1 Å². The molecule has 2 saturated heterocycles. The second-order valence-electron chi connectivity index (χ2n) is 9.96. The molecule has 2 amide bonds. The number of carbonyl (C=O) groups excluding carboxylic acids is 2. The standard InChI is InChI=1S/C25H28F3N3O4/c1-23(2,3)35-22(33)31-20(8-10-24(31)11-13-30(4)21(24)32)19-15-17(9-12-29-19)16-6-5-7-18(14-16)34-25(26,27)28/h5-7,9,12,14-15,20H,8,10-11,13H2,1-4H3/t20-,24+/m1/s1. The minimum Gasteiger partial charge on any atom is -0.444 e. The van der Waals surface area contributed by atoms with E-state index in [9.17, 15) is 22.8 Å². The summed E-state index contributed by atoms with van der Waals surface area (Å²) in [7, 11) is 1.71. The normalized spacial score (nSPS) is 22.7. The van der Waals surface area contributed by atoms with Gasteiger partial charge in [-0.05, 0) is 75.4 Å². The number of rotatable bonds is 3. The van der Waals surface area contributed by atoms with Crippen LogP contribution in [0.25, 0.3) is 11.1 Å². The molecule has 2 atom stereocenters. The Labute approximate surface area is 201 Å². The van der Waals surface area contributed by atoms with E-state index in [1.807, 2.05) is 0 Å². The van der Waals surface area contributed by atoms with E-state index in [0.717, 1.165) is 0 Å². The molecule has 0 bridgehead atoms.